The number of sulfonamides is 1. The van der Waals surface area contributed by atoms with Gasteiger partial charge in [-0.2, -0.15) is 0 Å². The Balaban J connectivity index is 1.42. The summed E-state index contributed by atoms with van der Waals surface area (Å²) in [4.78, 5) is 13.8. The summed E-state index contributed by atoms with van der Waals surface area (Å²) in [6, 6.07) is 13.2. The SMILES string of the molecule is CS(=O)(=O)N1CCc2cc(C(=O)Nc3ccc(SC4CCCC4)cc3)ccc21. The number of anilines is 2. The molecule has 1 aliphatic heterocycles. The number of hydrogen-bond donors (Lipinski definition) is 1. The minimum atomic E-state index is -3.28. The number of fused-ring (bicyclic) bond motifs is 1. The zero-order valence-corrected chi connectivity index (χ0v) is 17.5. The minimum Gasteiger partial charge on any atom is -0.322 e. The zero-order chi connectivity index (χ0) is 19.7. The summed E-state index contributed by atoms with van der Waals surface area (Å²) in [6.45, 7) is 0.430. The molecule has 1 aliphatic carbocycles. The van der Waals surface area contributed by atoms with Crippen molar-refractivity contribution >= 4 is 39.1 Å². The molecule has 0 aromatic heterocycles. The molecule has 4 rings (SSSR count). The second-order valence-corrected chi connectivity index (χ2v) is 10.7. The van der Waals surface area contributed by atoms with E-state index in [0.717, 1.165) is 16.5 Å². The van der Waals surface area contributed by atoms with Gasteiger partial charge in [0.15, 0.2) is 0 Å². The molecule has 2 aromatic rings. The topological polar surface area (TPSA) is 66.5 Å². The van der Waals surface area contributed by atoms with Crippen LogP contribution in [-0.4, -0.2) is 32.4 Å². The lowest BCUT2D eigenvalue weighted by molar-refractivity contribution is 0.102. The number of carbonyl (C=O) groups is 1. The van der Waals surface area contributed by atoms with Crippen LogP contribution >= 0.6 is 11.8 Å². The summed E-state index contributed by atoms with van der Waals surface area (Å²) in [6.07, 6.45) is 7.06. The van der Waals surface area contributed by atoms with Crippen molar-refractivity contribution in [2.75, 3.05) is 22.4 Å². The quantitative estimate of drug-likeness (QED) is 0.789. The molecule has 148 valence electrons. The molecule has 1 heterocycles. The maximum absolute atomic E-state index is 12.6. The van der Waals surface area contributed by atoms with Gasteiger partial charge in [0.2, 0.25) is 10.0 Å². The lowest BCUT2D eigenvalue weighted by Gasteiger charge is -2.16. The molecule has 1 saturated carbocycles. The number of carbonyl (C=O) groups excluding carboxylic acids is 1. The second kappa shape index (κ2) is 7.79. The Morgan fingerprint density at radius 3 is 2.50 bits per heavy atom. The maximum Gasteiger partial charge on any atom is 0.255 e. The van der Waals surface area contributed by atoms with Gasteiger partial charge in [0.1, 0.15) is 0 Å². The Labute approximate surface area is 170 Å². The summed E-state index contributed by atoms with van der Waals surface area (Å²) < 4.78 is 25.1. The molecule has 0 atom stereocenters. The predicted octanol–water partition coefficient (Wildman–Crippen LogP) is 4.30. The largest absolute Gasteiger partial charge is 0.322 e. The van der Waals surface area contributed by atoms with Gasteiger partial charge in [-0.15, -0.1) is 11.8 Å². The lowest BCUT2D eigenvalue weighted by Crippen LogP contribution is -2.27. The molecule has 0 unspecified atom stereocenters. The molecule has 7 heteroatoms. The number of rotatable bonds is 5. The second-order valence-electron chi connectivity index (χ2n) is 7.43. The summed E-state index contributed by atoms with van der Waals surface area (Å²) in [7, 11) is -3.28. The zero-order valence-electron chi connectivity index (χ0n) is 15.8. The smallest absolute Gasteiger partial charge is 0.255 e. The molecule has 0 radical (unpaired) electrons. The summed E-state index contributed by atoms with van der Waals surface area (Å²) in [5.41, 5.74) is 2.87. The fraction of sp³-hybridized carbons (Fsp3) is 0.381. The van der Waals surface area contributed by atoms with E-state index < -0.39 is 10.0 Å². The Hall–Kier alpha value is -1.99. The van der Waals surface area contributed by atoms with Crippen LogP contribution in [0.1, 0.15) is 41.6 Å². The Kier molecular flexibility index (Phi) is 5.38. The third-order valence-electron chi connectivity index (χ3n) is 5.31. The normalized spacial score (nSPS) is 17.0. The molecule has 0 saturated heterocycles. The summed E-state index contributed by atoms with van der Waals surface area (Å²) in [5.74, 6) is -0.184. The number of hydrogen-bond acceptors (Lipinski definition) is 4. The van der Waals surface area contributed by atoms with E-state index in [1.807, 2.05) is 23.9 Å². The highest BCUT2D eigenvalue weighted by Gasteiger charge is 2.26. The van der Waals surface area contributed by atoms with E-state index >= 15 is 0 Å². The van der Waals surface area contributed by atoms with Crippen molar-refractivity contribution in [3.8, 4) is 0 Å². The number of benzene rings is 2. The van der Waals surface area contributed by atoms with Crippen molar-refractivity contribution < 1.29 is 13.2 Å². The first kappa shape index (κ1) is 19.3. The molecule has 1 fully saturated rings. The first-order chi connectivity index (χ1) is 13.4. The van der Waals surface area contributed by atoms with E-state index in [-0.39, 0.29) is 5.91 Å². The maximum atomic E-state index is 12.6. The van der Waals surface area contributed by atoms with E-state index in [0.29, 0.717) is 24.2 Å². The molecule has 5 nitrogen and oxygen atoms in total. The number of nitrogens with one attached hydrogen (secondary N) is 1. The molecule has 2 aromatic carbocycles. The van der Waals surface area contributed by atoms with Crippen LogP contribution in [0.3, 0.4) is 0 Å². The molecule has 0 spiro atoms. The van der Waals surface area contributed by atoms with Gasteiger partial charge >= 0.3 is 0 Å². The average molecular weight is 417 g/mol. The van der Waals surface area contributed by atoms with Crippen LogP contribution in [0.4, 0.5) is 11.4 Å². The van der Waals surface area contributed by atoms with E-state index in [1.54, 1.807) is 18.2 Å². The van der Waals surface area contributed by atoms with Crippen LogP contribution in [0.2, 0.25) is 0 Å². The van der Waals surface area contributed by atoms with Crippen LogP contribution in [0.15, 0.2) is 47.4 Å². The van der Waals surface area contributed by atoms with Crippen molar-refractivity contribution in [2.24, 2.45) is 0 Å². The molecule has 1 N–H and O–H groups in total. The predicted molar refractivity (Wildman–Crippen MR) is 115 cm³/mol. The van der Waals surface area contributed by atoms with Crippen LogP contribution in [0, 0.1) is 0 Å². The van der Waals surface area contributed by atoms with Gasteiger partial charge in [0, 0.05) is 27.9 Å². The molecule has 28 heavy (non-hydrogen) atoms. The standard InChI is InChI=1S/C21H24N2O3S2/c1-28(25,26)23-13-12-15-14-16(6-11-20(15)23)21(24)22-17-7-9-19(10-8-17)27-18-4-2-3-5-18/h6-11,14,18H,2-5,12-13H2,1H3,(H,22,24). The van der Waals surface area contributed by atoms with Crippen LogP contribution in [-0.2, 0) is 16.4 Å². The van der Waals surface area contributed by atoms with E-state index in [9.17, 15) is 13.2 Å². The lowest BCUT2D eigenvalue weighted by atomic mass is 10.1. The highest BCUT2D eigenvalue weighted by molar-refractivity contribution is 8.00. The highest BCUT2D eigenvalue weighted by Crippen LogP contribution is 2.35. The average Bonchev–Trinajstić information content (AvgIpc) is 3.31. The van der Waals surface area contributed by atoms with Crippen LogP contribution in [0.25, 0.3) is 0 Å². The van der Waals surface area contributed by atoms with Crippen molar-refractivity contribution in [2.45, 2.75) is 42.2 Å². The van der Waals surface area contributed by atoms with Gasteiger partial charge in [-0.3, -0.25) is 9.10 Å². The van der Waals surface area contributed by atoms with Gasteiger partial charge in [-0.05, 0) is 67.3 Å². The summed E-state index contributed by atoms with van der Waals surface area (Å²) in [5, 5.41) is 3.65. The van der Waals surface area contributed by atoms with Crippen molar-refractivity contribution in [3.05, 3.63) is 53.6 Å². The van der Waals surface area contributed by atoms with Crippen molar-refractivity contribution in [1.29, 1.82) is 0 Å². The van der Waals surface area contributed by atoms with Gasteiger partial charge in [-0.25, -0.2) is 8.42 Å². The van der Waals surface area contributed by atoms with Crippen molar-refractivity contribution in [1.82, 2.24) is 0 Å². The fourth-order valence-corrected chi connectivity index (χ4v) is 6.08. The van der Waals surface area contributed by atoms with Gasteiger partial charge < -0.3 is 5.32 Å². The van der Waals surface area contributed by atoms with Gasteiger partial charge in [0.05, 0.1) is 11.9 Å². The number of thioether (sulfide) groups is 1. The molecule has 2 aliphatic rings. The van der Waals surface area contributed by atoms with Crippen LogP contribution < -0.4 is 9.62 Å². The van der Waals surface area contributed by atoms with Gasteiger partial charge in [-0.1, -0.05) is 12.8 Å². The Morgan fingerprint density at radius 1 is 1.11 bits per heavy atom. The van der Waals surface area contributed by atoms with Crippen molar-refractivity contribution in [3.63, 3.8) is 0 Å². The first-order valence-corrected chi connectivity index (χ1v) is 12.3. The molecular formula is C21H24N2O3S2. The molecular weight excluding hydrogens is 392 g/mol. The minimum absolute atomic E-state index is 0.184. The van der Waals surface area contributed by atoms with E-state index in [1.165, 1.54) is 41.1 Å². The van der Waals surface area contributed by atoms with E-state index in [2.05, 4.69) is 17.4 Å². The Bertz CT molecular complexity index is 981. The van der Waals surface area contributed by atoms with E-state index in [4.69, 9.17) is 0 Å². The number of nitrogens with zero attached hydrogens (tertiary/aromatic N) is 1. The number of amides is 1. The monoisotopic (exact) mass is 416 g/mol. The highest BCUT2D eigenvalue weighted by atomic mass is 32.2. The third kappa shape index (κ3) is 4.20. The molecule has 1 amide bonds. The van der Waals surface area contributed by atoms with Crippen LogP contribution in [0.5, 0.6) is 0 Å². The summed E-state index contributed by atoms with van der Waals surface area (Å²) >= 11 is 1.92. The molecule has 0 bridgehead atoms. The Morgan fingerprint density at radius 2 is 1.82 bits per heavy atom. The first-order valence-electron chi connectivity index (χ1n) is 9.59. The van der Waals surface area contributed by atoms with Gasteiger partial charge in [0.25, 0.3) is 5.91 Å². The third-order valence-corrected chi connectivity index (χ3v) is 7.84. The fourth-order valence-electron chi connectivity index (χ4n) is 3.88.